The fourth-order valence-electron chi connectivity index (χ4n) is 1.31. The van der Waals surface area contributed by atoms with Crippen molar-refractivity contribution in [3.8, 4) is 17.0 Å². The average Bonchev–Trinajstić information content (AvgIpc) is 2.18. The Bertz CT molecular complexity index is 455. The number of nitrogens with zero attached hydrogens (tertiary/aromatic N) is 1. The summed E-state index contributed by atoms with van der Waals surface area (Å²) in [5.74, 6) is 0.165. The Morgan fingerprint density at radius 2 is 2.00 bits per heavy atom. The fourth-order valence-corrected chi connectivity index (χ4v) is 1.31. The zero-order chi connectivity index (χ0) is 9.97. The van der Waals surface area contributed by atoms with Crippen molar-refractivity contribution in [3.05, 3.63) is 42.6 Å². The smallest absolute Gasteiger partial charge is 0.141 e. The van der Waals surface area contributed by atoms with Gasteiger partial charge in [0.1, 0.15) is 11.4 Å². The molecule has 0 radical (unpaired) electrons. The molecule has 1 aromatic carbocycles. The molecule has 0 unspecified atom stereocenters. The van der Waals surface area contributed by atoms with Crippen molar-refractivity contribution < 1.29 is 5.11 Å². The van der Waals surface area contributed by atoms with Gasteiger partial charge in [-0.2, -0.15) is 0 Å². The van der Waals surface area contributed by atoms with Gasteiger partial charge in [0.25, 0.3) is 0 Å². The molecule has 14 heavy (non-hydrogen) atoms. The molecular weight excluding hydrogens is 176 g/mol. The van der Waals surface area contributed by atoms with Crippen molar-refractivity contribution >= 4 is 5.69 Å². The number of benzene rings is 1. The van der Waals surface area contributed by atoms with Gasteiger partial charge >= 0.3 is 0 Å². The van der Waals surface area contributed by atoms with Crippen LogP contribution in [0.2, 0.25) is 0 Å². The van der Waals surface area contributed by atoms with E-state index in [1.54, 1.807) is 30.5 Å². The summed E-state index contributed by atoms with van der Waals surface area (Å²) in [7, 11) is 0. The van der Waals surface area contributed by atoms with Gasteiger partial charge in [-0.15, -0.1) is 0 Å². The summed E-state index contributed by atoms with van der Waals surface area (Å²) in [5, 5.41) is 9.55. The Labute approximate surface area is 81.8 Å². The third kappa shape index (κ3) is 1.52. The van der Waals surface area contributed by atoms with Crippen molar-refractivity contribution in [1.82, 2.24) is 4.98 Å². The van der Waals surface area contributed by atoms with Crippen LogP contribution in [0.1, 0.15) is 0 Å². The van der Waals surface area contributed by atoms with Crippen molar-refractivity contribution in [2.45, 2.75) is 0 Å². The van der Waals surface area contributed by atoms with Crippen LogP contribution in [0, 0.1) is 0 Å². The lowest BCUT2D eigenvalue weighted by molar-refractivity contribution is 0.475. The molecule has 3 nitrogen and oxygen atoms in total. The van der Waals surface area contributed by atoms with Crippen LogP contribution in [-0.2, 0) is 0 Å². The fraction of sp³-hybridized carbons (Fsp3) is 0. The Hall–Kier alpha value is -2.03. The van der Waals surface area contributed by atoms with Crippen LogP contribution in [0.5, 0.6) is 5.75 Å². The molecule has 0 amide bonds. The molecule has 1 aromatic heterocycles. The van der Waals surface area contributed by atoms with Gasteiger partial charge < -0.3 is 10.8 Å². The summed E-state index contributed by atoms with van der Waals surface area (Å²) < 4.78 is 0. The summed E-state index contributed by atoms with van der Waals surface area (Å²) in [6, 6.07) is 10.6. The number of aromatic nitrogens is 1. The van der Waals surface area contributed by atoms with Crippen molar-refractivity contribution in [1.29, 1.82) is 0 Å². The second kappa shape index (κ2) is 3.38. The molecule has 70 valence electrons. The highest BCUT2D eigenvalue weighted by atomic mass is 16.3. The highest BCUT2D eigenvalue weighted by molar-refractivity contribution is 5.68. The molecule has 0 saturated carbocycles. The number of nitrogens with two attached hydrogens (primary N) is 1. The Balaban J connectivity index is 2.55. The quantitative estimate of drug-likeness (QED) is 0.670. The normalized spacial score (nSPS) is 10.0. The van der Waals surface area contributed by atoms with Gasteiger partial charge in [-0.1, -0.05) is 12.1 Å². The first-order chi connectivity index (χ1) is 6.77. The molecule has 1 heterocycles. The van der Waals surface area contributed by atoms with E-state index in [4.69, 9.17) is 5.73 Å². The van der Waals surface area contributed by atoms with E-state index >= 15 is 0 Å². The zero-order valence-electron chi connectivity index (χ0n) is 7.51. The number of hydrogen-bond acceptors (Lipinski definition) is 3. The van der Waals surface area contributed by atoms with Gasteiger partial charge in [0, 0.05) is 17.4 Å². The maximum absolute atomic E-state index is 9.55. The van der Waals surface area contributed by atoms with E-state index in [2.05, 4.69) is 4.98 Å². The van der Waals surface area contributed by atoms with E-state index in [1.807, 2.05) is 12.1 Å². The van der Waals surface area contributed by atoms with E-state index < -0.39 is 0 Å². The third-order valence-electron chi connectivity index (χ3n) is 1.95. The minimum Gasteiger partial charge on any atom is -0.506 e. The molecular formula is C11H10N2O. The lowest BCUT2D eigenvalue weighted by atomic mass is 10.1. The van der Waals surface area contributed by atoms with Gasteiger partial charge in [-0.25, -0.2) is 0 Å². The van der Waals surface area contributed by atoms with Crippen LogP contribution >= 0.6 is 0 Å². The summed E-state index contributed by atoms with van der Waals surface area (Å²) in [6.45, 7) is 0. The molecule has 0 aliphatic heterocycles. The van der Waals surface area contributed by atoms with Gasteiger partial charge in [0.05, 0.1) is 0 Å². The molecule has 0 fully saturated rings. The highest BCUT2D eigenvalue weighted by Crippen LogP contribution is 2.26. The molecule has 0 atom stereocenters. The monoisotopic (exact) mass is 186 g/mol. The first-order valence-electron chi connectivity index (χ1n) is 4.27. The highest BCUT2D eigenvalue weighted by Gasteiger charge is 2.03. The standard InChI is InChI=1S/C11H10N2O/c12-9-4-1-3-8(7-9)11-10(14)5-2-6-13-11/h1-7,14H,12H2. The minimum absolute atomic E-state index is 0.165. The van der Waals surface area contributed by atoms with Crippen LogP contribution < -0.4 is 5.73 Å². The molecule has 2 aromatic rings. The molecule has 0 aliphatic rings. The number of aromatic hydroxyl groups is 1. The minimum atomic E-state index is 0.165. The number of nitrogen functional groups attached to an aromatic ring is 1. The molecule has 0 aliphatic carbocycles. The number of pyridine rings is 1. The molecule has 3 N–H and O–H groups in total. The number of rotatable bonds is 1. The number of hydrogen-bond donors (Lipinski definition) is 2. The van der Waals surface area contributed by atoms with E-state index in [9.17, 15) is 5.11 Å². The lowest BCUT2D eigenvalue weighted by Gasteiger charge is -2.03. The van der Waals surface area contributed by atoms with E-state index in [0.29, 0.717) is 11.4 Å². The Morgan fingerprint density at radius 3 is 2.71 bits per heavy atom. The Kier molecular flexibility index (Phi) is 2.07. The SMILES string of the molecule is Nc1cccc(-c2ncccc2O)c1. The summed E-state index contributed by atoms with van der Waals surface area (Å²) in [5.41, 5.74) is 7.67. The molecule has 3 heteroatoms. The van der Waals surface area contributed by atoms with Crippen LogP contribution in [-0.4, -0.2) is 10.1 Å². The first kappa shape index (κ1) is 8.56. The van der Waals surface area contributed by atoms with Gasteiger partial charge in [0.2, 0.25) is 0 Å². The van der Waals surface area contributed by atoms with Crippen LogP contribution in [0.4, 0.5) is 5.69 Å². The van der Waals surface area contributed by atoms with Gasteiger partial charge in [-0.3, -0.25) is 4.98 Å². The van der Waals surface area contributed by atoms with E-state index in [1.165, 1.54) is 0 Å². The predicted molar refractivity (Wildman–Crippen MR) is 55.8 cm³/mol. The van der Waals surface area contributed by atoms with Crippen LogP contribution in [0.15, 0.2) is 42.6 Å². The maximum atomic E-state index is 9.55. The first-order valence-corrected chi connectivity index (χ1v) is 4.27. The summed E-state index contributed by atoms with van der Waals surface area (Å²) in [6.07, 6.45) is 1.64. The Morgan fingerprint density at radius 1 is 1.14 bits per heavy atom. The van der Waals surface area contributed by atoms with Crippen molar-refractivity contribution in [3.63, 3.8) is 0 Å². The average molecular weight is 186 g/mol. The molecule has 0 spiro atoms. The summed E-state index contributed by atoms with van der Waals surface area (Å²) >= 11 is 0. The largest absolute Gasteiger partial charge is 0.506 e. The predicted octanol–water partition coefficient (Wildman–Crippen LogP) is 2.04. The van der Waals surface area contributed by atoms with Crippen molar-refractivity contribution in [2.75, 3.05) is 5.73 Å². The van der Waals surface area contributed by atoms with Crippen molar-refractivity contribution in [2.24, 2.45) is 0 Å². The van der Waals surface area contributed by atoms with Gasteiger partial charge in [0.15, 0.2) is 0 Å². The van der Waals surface area contributed by atoms with E-state index in [-0.39, 0.29) is 5.75 Å². The topological polar surface area (TPSA) is 59.1 Å². The second-order valence-corrected chi connectivity index (χ2v) is 3.00. The summed E-state index contributed by atoms with van der Waals surface area (Å²) in [4.78, 5) is 4.08. The molecule has 2 rings (SSSR count). The maximum Gasteiger partial charge on any atom is 0.141 e. The molecule has 0 bridgehead atoms. The lowest BCUT2D eigenvalue weighted by Crippen LogP contribution is -1.87. The van der Waals surface area contributed by atoms with Crippen LogP contribution in [0.3, 0.4) is 0 Å². The van der Waals surface area contributed by atoms with Crippen LogP contribution in [0.25, 0.3) is 11.3 Å². The van der Waals surface area contributed by atoms with E-state index in [0.717, 1.165) is 5.56 Å². The molecule has 0 saturated heterocycles. The number of anilines is 1. The van der Waals surface area contributed by atoms with Gasteiger partial charge in [-0.05, 0) is 24.3 Å². The zero-order valence-corrected chi connectivity index (χ0v) is 7.51. The third-order valence-corrected chi connectivity index (χ3v) is 1.95. The second-order valence-electron chi connectivity index (χ2n) is 3.00.